The maximum Gasteiger partial charge on any atom is 0.271 e. The molecule has 150 valence electrons. The van der Waals surface area contributed by atoms with Crippen LogP contribution in [0.15, 0.2) is 65.8 Å². The summed E-state index contributed by atoms with van der Waals surface area (Å²) in [6.45, 7) is 6.98. The third kappa shape index (κ3) is 5.35. The van der Waals surface area contributed by atoms with Crippen LogP contribution >= 0.6 is 0 Å². The van der Waals surface area contributed by atoms with Crippen molar-refractivity contribution in [3.05, 3.63) is 83.2 Å². The van der Waals surface area contributed by atoms with Crippen LogP contribution < -0.4 is 10.2 Å². The summed E-state index contributed by atoms with van der Waals surface area (Å²) in [6, 6.07) is 19.3. The number of hydrazone groups is 1. The van der Waals surface area contributed by atoms with Gasteiger partial charge in [0.15, 0.2) is 0 Å². The highest BCUT2D eigenvalue weighted by Crippen LogP contribution is 2.17. The summed E-state index contributed by atoms with van der Waals surface area (Å²) in [7, 11) is 0. The molecule has 0 aliphatic carbocycles. The zero-order valence-electron chi connectivity index (χ0n) is 17.2. The number of carbonyl (C=O) groups excluding carboxylic acids is 1. The van der Waals surface area contributed by atoms with E-state index in [1.54, 1.807) is 6.21 Å². The third-order valence-electron chi connectivity index (χ3n) is 4.69. The molecule has 3 aromatic rings. The van der Waals surface area contributed by atoms with Gasteiger partial charge in [-0.25, -0.2) is 5.43 Å². The molecule has 0 saturated carbocycles. The number of hydrogen-bond acceptors (Lipinski definition) is 3. The SMILES string of the molecule is CCCCOc1ccc(C=NNC(=O)c2ccc(-n3c(C)ccc3C)cc2)cc1. The zero-order valence-corrected chi connectivity index (χ0v) is 17.2. The lowest BCUT2D eigenvalue weighted by atomic mass is 10.2. The van der Waals surface area contributed by atoms with Crippen LogP contribution in [0.25, 0.3) is 5.69 Å². The first-order valence-corrected chi connectivity index (χ1v) is 9.90. The van der Waals surface area contributed by atoms with Gasteiger partial charge in [-0.15, -0.1) is 0 Å². The number of aromatic nitrogens is 1. The highest BCUT2D eigenvalue weighted by atomic mass is 16.5. The van der Waals surface area contributed by atoms with E-state index in [0.29, 0.717) is 5.56 Å². The molecular weight excluding hydrogens is 362 g/mol. The molecule has 0 fully saturated rings. The number of carbonyl (C=O) groups is 1. The van der Waals surface area contributed by atoms with Gasteiger partial charge in [0.05, 0.1) is 12.8 Å². The first-order valence-electron chi connectivity index (χ1n) is 9.90. The van der Waals surface area contributed by atoms with Crippen LogP contribution in [0, 0.1) is 13.8 Å². The molecule has 0 saturated heterocycles. The second kappa shape index (κ2) is 9.73. The molecule has 0 spiro atoms. The average molecular weight is 389 g/mol. The normalized spacial score (nSPS) is 11.0. The van der Waals surface area contributed by atoms with Gasteiger partial charge in [-0.3, -0.25) is 4.79 Å². The number of benzene rings is 2. The summed E-state index contributed by atoms with van der Waals surface area (Å²) in [4.78, 5) is 12.3. The first kappa shape index (κ1) is 20.4. The molecule has 1 amide bonds. The van der Waals surface area contributed by atoms with Gasteiger partial charge in [0.1, 0.15) is 5.75 Å². The van der Waals surface area contributed by atoms with Crippen LogP contribution in [0.3, 0.4) is 0 Å². The Balaban J connectivity index is 1.56. The number of amides is 1. The van der Waals surface area contributed by atoms with Gasteiger partial charge in [-0.05, 0) is 86.5 Å². The van der Waals surface area contributed by atoms with E-state index in [1.165, 1.54) is 0 Å². The summed E-state index contributed by atoms with van der Waals surface area (Å²) in [5, 5.41) is 4.05. The van der Waals surface area contributed by atoms with Crippen molar-refractivity contribution >= 4 is 12.1 Å². The Kier molecular flexibility index (Phi) is 6.85. The Morgan fingerprint density at radius 2 is 1.66 bits per heavy atom. The molecule has 1 N–H and O–H groups in total. The molecule has 3 rings (SSSR count). The minimum absolute atomic E-state index is 0.242. The molecule has 2 aromatic carbocycles. The van der Waals surface area contributed by atoms with Crippen molar-refractivity contribution in [1.29, 1.82) is 0 Å². The van der Waals surface area contributed by atoms with Crippen LogP contribution in [0.4, 0.5) is 0 Å². The second-order valence-corrected chi connectivity index (χ2v) is 6.97. The molecular formula is C24H27N3O2. The molecule has 29 heavy (non-hydrogen) atoms. The number of unbranched alkanes of at least 4 members (excludes halogenated alkanes) is 1. The monoisotopic (exact) mass is 389 g/mol. The van der Waals surface area contributed by atoms with E-state index in [-0.39, 0.29) is 5.91 Å². The topological polar surface area (TPSA) is 55.6 Å². The number of ether oxygens (including phenoxy) is 1. The van der Waals surface area contributed by atoms with Crippen molar-refractivity contribution in [2.75, 3.05) is 6.61 Å². The predicted molar refractivity (Wildman–Crippen MR) is 117 cm³/mol. The lowest BCUT2D eigenvalue weighted by Gasteiger charge is -2.10. The molecule has 0 aliphatic heterocycles. The number of aryl methyl sites for hydroxylation is 2. The van der Waals surface area contributed by atoms with E-state index >= 15 is 0 Å². The molecule has 5 nitrogen and oxygen atoms in total. The first-order chi connectivity index (χ1) is 14.1. The molecule has 0 bridgehead atoms. The predicted octanol–water partition coefficient (Wildman–Crippen LogP) is 5.04. The Labute approximate surface area is 172 Å². The Bertz CT molecular complexity index is 951. The minimum atomic E-state index is -0.242. The van der Waals surface area contributed by atoms with Crippen molar-refractivity contribution in [2.24, 2.45) is 5.10 Å². The van der Waals surface area contributed by atoms with E-state index in [2.05, 4.69) is 48.0 Å². The van der Waals surface area contributed by atoms with E-state index in [4.69, 9.17) is 4.74 Å². The van der Waals surface area contributed by atoms with Gasteiger partial charge in [0, 0.05) is 22.6 Å². The summed E-state index contributed by atoms with van der Waals surface area (Å²) in [5.41, 5.74) is 7.38. The van der Waals surface area contributed by atoms with Gasteiger partial charge >= 0.3 is 0 Å². The van der Waals surface area contributed by atoms with E-state index in [1.807, 2.05) is 48.5 Å². The molecule has 0 atom stereocenters. The Hall–Kier alpha value is -3.34. The number of nitrogens with zero attached hydrogens (tertiary/aromatic N) is 2. The van der Waals surface area contributed by atoms with Crippen LogP contribution in [0.5, 0.6) is 5.75 Å². The lowest BCUT2D eigenvalue weighted by Crippen LogP contribution is -2.17. The quantitative estimate of drug-likeness (QED) is 0.333. The van der Waals surface area contributed by atoms with Crippen molar-refractivity contribution in [1.82, 2.24) is 9.99 Å². The molecule has 0 unspecified atom stereocenters. The van der Waals surface area contributed by atoms with E-state index in [0.717, 1.165) is 47.8 Å². The van der Waals surface area contributed by atoms with Gasteiger partial charge in [0.25, 0.3) is 5.91 Å². The highest BCUT2D eigenvalue weighted by molar-refractivity contribution is 5.95. The third-order valence-corrected chi connectivity index (χ3v) is 4.69. The number of nitrogens with one attached hydrogen (secondary N) is 1. The van der Waals surface area contributed by atoms with Crippen molar-refractivity contribution in [2.45, 2.75) is 33.6 Å². The molecule has 1 aromatic heterocycles. The largest absolute Gasteiger partial charge is 0.494 e. The van der Waals surface area contributed by atoms with Gasteiger partial charge < -0.3 is 9.30 Å². The summed E-state index contributed by atoms with van der Waals surface area (Å²) < 4.78 is 7.79. The zero-order chi connectivity index (χ0) is 20.6. The fourth-order valence-electron chi connectivity index (χ4n) is 3.05. The molecule has 0 aliphatic rings. The second-order valence-electron chi connectivity index (χ2n) is 6.97. The minimum Gasteiger partial charge on any atom is -0.494 e. The maximum atomic E-state index is 12.3. The molecule has 1 heterocycles. The maximum absolute atomic E-state index is 12.3. The highest BCUT2D eigenvalue weighted by Gasteiger charge is 2.07. The molecule has 5 heteroatoms. The summed E-state index contributed by atoms with van der Waals surface area (Å²) >= 11 is 0. The fourth-order valence-corrected chi connectivity index (χ4v) is 3.05. The van der Waals surface area contributed by atoms with Crippen LogP contribution in [-0.4, -0.2) is 23.3 Å². The van der Waals surface area contributed by atoms with Crippen molar-refractivity contribution in [3.8, 4) is 11.4 Å². The van der Waals surface area contributed by atoms with E-state index in [9.17, 15) is 4.79 Å². The Morgan fingerprint density at radius 1 is 1.00 bits per heavy atom. The molecule has 0 radical (unpaired) electrons. The van der Waals surface area contributed by atoms with E-state index < -0.39 is 0 Å². The average Bonchev–Trinajstić information content (AvgIpc) is 3.07. The van der Waals surface area contributed by atoms with Gasteiger partial charge in [-0.1, -0.05) is 13.3 Å². The van der Waals surface area contributed by atoms with Crippen molar-refractivity contribution in [3.63, 3.8) is 0 Å². The smallest absolute Gasteiger partial charge is 0.271 e. The number of rotatable bonds is 8. The summed E-state index contributed by atoms with van der Waals surface area (Å²) in [6.07, 6.45) is 3.77. The van der Waals surface area contributed by atoms with Gasteiger partial charge in [0.2, 0.25) is 0 Å². The fraction of sp³-hybridized carbons (Fsp3) is 0.250. The van der Waals surface area contributed by atoms with Crippen LogP contribution in [0.1, 0.15) is 47.1 Å². The van der Waals surface area contributed by atoms with Gasteiger partial charge in [-0.2, -0.15) is 5.10 Å². The number of hydrogen-bond donors (Lipinski definition) is 1. The lowest BCUT2D eigenvalue weighted by molar-refractivity contribution is 0.0955. The standard InChI is InChI=1S/C24H27N3O2/c1-4-5-16-29-23-14-8-20(9-15-23)17-25-26-24(28)21-10-12-22(13-11-21)27-18(2)6-7-19(27)3/h6-15,17H,4-5,16H2,1-3H3,(H,26,28). The summed E-state index contributed by atoms with van der Waals surface area (Å²) in [5.74, 6) is 0.598. The van der Waals surface area contributed by atoms with Crippen LogP contribution in [0.2, 0.25) is 0 Å². The van der Waals surface area contributed by atoms with Crippen molar-refractivity contribution < 1.29 is 9.53 Å². The van der Waals surface area contributed by atoms with Crippen LogP contribution in [-0.2, 0) is 0 Å². The Morgan fingerprint density at radius 3 is 2.28 bits per heavy atom.